The van der Waals surface area contributed by atoms with Crippen molar-refractivity contribution in [2.75, 3.05) is 0 Å². The van der Waals surface area contributed by atoms with Gasteiger partial charge in [-0.05, 0) is 37.0 Å². The number of aromatic amines is 1. The van der Waals surface area contributed by atoms with Crippen molar-refractivity contribution in [3.63, 3.8) is 0 Å². The first-order chi connectivity index (χ1) is 5.38. The van der Waals surface area contributed by atoms with Gasteiger partial charge in [-0.15, -0.1) is 10.2 Å². The summed E-state index contributed by atoms with van der Waals surface area (Å²) in [5.41, 5.74) is 2.69. The lowest BCUT2D eigenvalue weighted by atomic mass is 10.2. The van der Waals surface area contributed by atoms with Crippen molar-refractivity contribution in [1.29, 1.82) is 0 Å². The molecule has 1 aliphatic rings. The Kier molecular flexibility index (Phi) is 1.45. The standard InChI is InChI=1S/C7H10N4/c1-5-3-2-4-6(5)7-8-10-11-9-7/h2-4H2,1H3,(H,8,9,10,11). The molecule has 58 valence electrons. The van der Waals surface area contributed by atoms with Gasteiger partial charge in [0.05, 0.1) is 0 Å². The summed E-state index contributed by atoms with van der Waals surface area (Å²) >= 11 is 0. The van der Waals surface area contributed by atoms with Crippen LogP contribution in [0.25, 0.3) is 5.57 Å². The zero-order valence-corrected chi connectivity index (χ0v) is 6.46. The van der Waals surface area contributed by atoms with Crippen molar-refractivity contribution in [3.05, 3.63) is 11.4 Å². The van der Waals surface area contributed by atoms with E-state index in [-0.39, 0.29) is 0 Å². The molecule has 1 heterocycles. The first-order valence-electron chi connectivity index (χ1n) is 3.80. The third kappa shape index (κ3) is 1.04. The van der Waals surface area contributed by atoms with E-state index < -0.39 is 0 Å². The third-order valence-corrected chi connectivity index (χ3v) is 2.11. The van der Waals surface area contributed by atoms with Crippen LogP contribution in [0.5, 0.6) is 0 Å². The molecule has 4 nitrogen and oxygen atoms in total. The number of rotatable bonds is 1. The highest BCUT2D eigenvalue weighted by Crippen LogP contribution is 2.30. The Morgan fingerprint density at radius 1 is 1.36 bits per heavy atom. The average molecular weight is 150 g/mol. The minimum atomic E-state index is 0.778. The van der Waals surface area contributed by atoms with Gasteiger partial charge < -0.3 is 0 Å². The number of allylic oxidation sites excluding steroid dienone is 2. The first kappa shape index (κ1) is 6.52. The molecule has 11 heavy (non-hydrogen) atoms. The number of nitrogens with zero attached hydrogens (tertiary/aromatic N) is 3. The highest BCUT2D eigenvalue weighted by atomic mass is 15.5. The van der Waals surface area contributed by atoms with Gasteiger partial charge in [0.2, 0.25) is 5.82 Å². The van der Waals surface area contributed by atoms with Crippen LogP contribution in [-0.4, -0.2) is 20.6 Å². The average Bonchev–Trinajstić information content (AvgIpc) is 2.55. The minimum Gasteiger partial charge on any atom is -0.177 e. The van der Waals surface area contributed by atoms with Crippen molar-refractivity contribution in [2.45, 2.75) is 26.2 Å². The highest BCUT2D eigenvalue weighted by molar-refractivity contribution is 5.64. The maximum Gasteiger partial charge on any atom is 0.200 e. The molecular formula is C7H10N4. The van der Waals surface area contributed by atoms with Crippen molar-refractivity contribution in [1.82, 2.24) is 20.6 Å². The van der Waals surface area contributed by atoms with E-state index in [9.17, 15) is 0 Å². The molecule has 1 aromatic heterocycles. The summed E-state index contributed by atoms with van der Waals surface area (Å²) in [5, 5.41) is 13.9. The number of tetrazole rings is 1. The second-order valence-electron chi connectivity index (χ2n) is 2.85. The summed E-state index contributed by atoms with van der Waals surface area (Å²) in [4.78, 5) is 0. The molecule has 0 saturated heterocycles. The molecule has 0 aromatic carbocycles. The number of H-pyrrole nitrogens is 1. The molecule has 0 unspecified atom stereocenters. The van der Waals surface area contributed by atoms with Crippen LogP contribution in [0.3, 0.4) is 0 Å². The lowest BCUT2D eigenvalue weighted by Crippen LogP contribution is -1.85. The number of hydrogen-bond acceptors (Lipinski definition) is 3. The fourth-order valence-electron chi connectivity index (χ4n) is 1.49. The maximum absolute atomic E-state index is 3.94. The second kappa shape index (κ2) is 2.45. The van der Waals surface area contributed by atoms with Gasteiger partial charge >= 0.3 is 0 Å². The first-order valence-corrected chi connectivity index (χ1v) is 3.80. The topological polar surface area (TPSA) is 54.5 Å². The minimum absolute atomic E-state index is 0.778. The van der Waals surface area contributed by atoms with Gasteiger partial charge in [0.1, 0.15) is 0 Å². The zero-order chi connectivity index (χ0) is 7.68. The number of hydrogen-bond donors (Lipinski definition) is 1. The summed E-state index contributed by atoms with van der Waals surface area (Å²) in [5.74, 6) is 0.778. The molecule has 0 amide bonds. The van der Waals surface area contributed by atoms with Crippen LogP contribution >= 0.6 is 0 Å². The third-order valence-electron chi connectivity index (χ3n) is 2.11. The van der Waals surface area contributed by atoms with Gasteiger partial charge in [-0.25, -0.2) is 0 Å². The van der Waals surface area contributed by atoms with Gasteiger partial charge in [0.15, 0.2) is 0 Å². The van der Waals surface area contributed by atoms with Gasteiger partial charge in [0, 0.05) is 0 Å². The summed E-state index contributed by atoms with van der Waals surface area (Å²) in [6.45, 7) is 2.14. The smallest absolute Gasteiger partial charge is 0.177 e. The van der Waals surface area contributed by atoms with Crippen molar-refractivity contribution < 1.29 is 0 Å². The molecule has 1 aromatic rings. The zero-order valence-electron chi connectivity index (χ0n) is 6.46. The Morgan fingerprint density at radius 2 is 2.27 bits per heavy atom. The van der Waals surface area contributed by atoms with Gasteiger partial charge in [-0.3, -0.25) is 0 Å². The molecule has 0 fully saturated rings. The highest BCUT2D eigenvalue weighted by Gasteiger charge is 2.15. The predicted octanol–water partition coefficient (Wildman–Crippen LogP) is 1.16. The molecule has 0 radical (unpaired) electrons. The van der Waals surface area contributed by atoms with E-state index in [0.29, 0.717) is 0 Å². The molecule has 0 aliphatic heterocycles. The van der Waals surface area contributed by atoms with Crippen molar-refractivity contribution in [3.8, 4) is 0 Å². The summed E-state index contributed by atoms with van der Waals surface area (Å²) in [6, 6.07) is 0. The fourth-order valence-corrected chi connectivity index (χ4v) is 1.49. The molecule has 0 spiro atoms. The van der Waals surface area contributed by atoms with Gasteiger partial charge in [0.25, 0.3) is 0 Å². The van der Waals surface area contributed by atoms with E-state index in [1.165, 1.54) is 24.0 Å². The lowest BCUT2D eigenvalue weighted by molar-refractivity contribution is 0.881. The van der Waals surface area contributed by atoms with E-state index in [2.05, 4.69) is 27.5 Å². The molecule has 0 bridgehead atoms. The fraction of sp³-hybridized carbons (Fsp3) is 0.571. The molecule has 0 saturated carbocycles. The van der Waals surface area contributed by atoms with Crippen LogP contribution < -0.4 is 0 Å². The van der Waals surface area contributed by atoms with Crippen LogP contribution in [0.1, 0.15) is 32.0 Å². The van der Waals surface area contributed by atoms with E-state index >= 15 is 0 Å². The second-order valence-corrected chi connectivity index (χ2v) is 2.85. The van der Waals surface area contributed by atoms with Gasteiger partial charge in [-0.1, -0.05) is 5.57 Å². The van der Waals surface area contributed by atoms with Crippen LogP contribution in [0.2, 0.25) is 0 Å². The Balaban J connectivity index is 2.36. The van der Waals surface area contributed by atoms with Crippen LogP contribution in [0, 0.1) is 0 Å². The predicted molar refractivity (Wildman–Crippen MR) is 40.6 cm³/mol. The lowest BCUT2D eigenvalue weighted by Gasteiger charge is -1.93. The SMILES string of the molecule is CC1=C(c2nn[nH]n2)CCC1. The Bertz CT molecular complexity index is 273. The van der Waals surface area contributed by atoms with Crippen molar-refractivity contribution in [2.24, 2.45) is 0 Å². The summed E-state index contributed by atoms with van der Waals surface area (Å²) < 4.78 is 0. The van der Waals surface area contributed by atoms with Crippen LogP contribution in [0.4, 0.5) is 0 Å². The van der Waals surface area contributed by atoms with E-state index in [4.69, 9.17) is 0 Å². The molecule has 0 atom stereocenters. The molecule has 2 rings (SSSR count). The summed E-state index contributed by atoms with van der Waals surface area (Å²) in [6.07, 6.45) is 3.52. The maximum atomic E-state index is 3.94. The molecule has 1 N–H and O–H groups in total. The molecule has 4 heteroatoms. The quantitative estimate of drug-likeness (QED) is 0.653. The monoisotopic (exact) mass is 150 g/mol. The summed E-state index contributed by atoms with van der Waals surface area (Å²) in [7, 11) is 0. The van der Waals surface area contributed by atoms with E-state index in [0.717, 1.165) is 12.2 Å². The molecule has 1 aliphatic carbocycles. The van der Waals surface area contributed by atoms with Crippen LogP contribution in [-0.2, 0) is 0 Å². The Labute approximate surface area is 64.7 Å². The van der Waals surface area contributed by atoms with E-state index in [1.54, 1.807) is 0 Å². The largest absolute Gasteiger partial charge is 0.200 e. The van der Waals surface area contributed by atoms with Crippen LogP contribution in [0.15, 0.2) is 5.57 Å². The Hall–Kier alpha value is -1.19. The van der Waals surface area contributed by atoms with E-state index in [1.807, 2.05) is 0 Å². The number of aromatic nitrogens is 4. The Morgan fingerprint density at radius 3 is 2.82 bits per heavy atom. The van der Waals surface area contributed by atoms with Crippen molar-refractivity contribution >= 4 is 5.57 Å². The molecular weight excluding hydrogens is 140 g/mol. The number of nitrogens with one attached hydrogen (secondary N) is 1. The normalized spacial score (nSPS) is 17.9. The van der Waals surface area contributed by atoms with Gasteiger partial charge in [-0.2, -0.15) is 5.21 Å².